The molecule has 0 aliphatic rings. The number of nitrogens with one attached hydrogen (secondary N) is 1. The maximum Gasteiger partial charge on any atom is 0.328 e. The van der Waals surface area contributed by atoms with Crippen molar-refractivity contribution in [3.05, 3.63) is 42.0 Å². The van der Waals surface area contributed by atoms with Gasteiger partial charge in [0.2, 0.25) is 10.0 Å². The van der Waals surface area contributed by atoms with Crippen molar-refractivity contribution in [3.63, 3.8) is 0 Å². The number of carbonyl (C=O) groups excluding carboxylic acids is 1. The fourth-order valence-electron chi connectivity index (χ4n) is 1.50. The first kappa shape index (κ1) is 17.1. The number of rotatable bonds is 5. The van der Waals surface area contributed by atoms with Gasteiger partial charge in [0.25, 0.3) is 0 Å². The van der Waals surface area contributed by atoms with Crippen LogP contribution in [0.25, 0.3) is 0 Å². The molecule has 6 nitrogen and oxygen atoms in total. The summed E-state index contributed by atoms with van der Waals surface area (Å²) < 4.78 is 26.6. The van der Waals surface area contributed by atoms with Crippen LogP contribution in [0.3, 0.4) is 0 Å². The second-order valence-corrected chi connectivity index (χ2v) is 7.10. The molecule has 0 amide bonds. The molecule has 0 spiro atoms. The van der Waals surface area contributed by atoms with Gasteiger partial charge >= 0.3 is 5.97 Å². The van der Waals surface area contributed by atoms with Gasteiger partial charge in [-0.05, 0) is 51.1 Å². The average Bonchev–Trinajstić information content (AvgIpc) is 2.33. The van der Waals surface area contributed by atoms with E-state index in [0.717, 1.165) is 12.2 Å². The Morgan fingerprint density at radius 3 is 2.05 bits per heavy atom. The Bertz CT molecular complexity index is 666. The van der Waals surface area contributed by atoms with Gasteiger partial charge in [0, 0.05) is 17.2 Å². The Labute approximate surface area is 123 Å². The lowest BCUT2D eigenvalue weighted by Crippen LogP contribution is -2.40. The predicted octanol–water partition coefficient (Wildman–Crippen LogP) is 1.59. The Hall–Kier alpha value is -1.99. The highest BCUT2D eigenvalue weighted by Gasteiger charge is 2.21. The third-order valence-corrected chi connectivity index (χ3v) is 4.04. The minimum Gasteiger partial charge on any atom is -0.478 e. The molecule has 0 aromatic heterocycles. The van der Waals surface area contributed by atoms with Crippen LogP contribution in [0.4, 0.5) is 0 Å². The van der Waals surface area contributed by atoms with E-state index in [1.807, 2.05) is 0 Å². The number of ketones is 1. The van der Waals surface area contributed by atoms with E-state index in [2.05, 4.69) is 4.72 Å². The van der Waals surface area contributed by atoms with Gasteiger partial charge in [-0.2, -0.15) is 0 Å². The van der Waals surface area contributed by atoms with E-state index in [4.69, 9.17) is 5.11 Å². The van der Waals surface area contributed by atoms with Gasteiger partial charge in [0.1, 0.15) is 0 Å². The van der Waals surface area contributed by atoms with E-state index in [1.54, 1.807) is 20.8 Å². The van der Waals surface area contributed by atoms with Crippen molar-refractivity contribution in [3.8, 4) is 0 Å². The van der Waals surface area contributed by atoms with Gasteiger partial charge < -0.3 is 5.11 Å². The van der Waals surface area contributed by atoms with E-state index in [1.165, 1.54) is 24.3 Å². The first-order valence-electron chi connectivity index (χ1n) is 6.11. The molecule has 0 saturated heterocycles. The highest BCUT2D eigenvalue weighted by atomic mass is 32.2. The maximum absolute atomic E-state index is 12.1. The maximum atomic E-state index is 12.1. The molecule has 7 heteroatoms. The first-order valence-corrected chi connectivity index (χ1v) is 7.59. The number of carboxylic acid groups (broad SMARTS) is 1. The zero-order valence-electron chi connectivity index (χ0n) is 12.0. The second kappa shape index (κ2) is 6.19. The highest BCUT2D eigenvalue weighted by molar-refractivity contribution is 7.89. The molecule has 0 fully saturated rings. The van der Waals surface area contributed by atoms with E-state index in [9.17, 15) is 18.0 Å². The van der Waals surface area contributed by atoms with Crippen molar-refractivity contribution in [1.29, 1.82) is 0 Å². The standard InChI is InChI=1S/C14H17NO5S/c1-14(2,3)15-21(19,20)11-6-4-10(5-7-11)12(16)8-9-13(17)18/h4-9,15H,1-3H3,(H,17,18)/b9-8+. The van der Waals surface area contributed by atoms with Crippen LogP contribution in [-0.4, -0.2) is 30.8 Å². The van der Waals surface area contributed by atoms with Crippen molar-refractivity contribution in [2.45, 2.75) is 31.2 Å². The predicted molar refractivity (Wildman–Crippen MR) is 77.6 cm³/mol. The number of carbonyl (C=O) groups is 2. The summed E-state index contributed by atoms with van der Waals surface area (Å²) in [6, 6.07) is 5.28. The van der Waals surface area contributed by atoms with Gasteiger partial charge in [0.15, 0.2) is 5.78 Å². The van der Waals surface area contributed by atoms with E-state index < -0.39 is 27.3 Å². The zero-order chi connectivity index (χ0) is 16.3. The Morgan fingerprint density at radius 2 is 1.62 bits per heavy atom. The molecule has 0 saturated carbocycles. The van der Waals surface area contributed by atoms with Gasteiger partial charge in [-0.3, -0.25) is 4.79 Å². The lowest BCUT2D eigenvalue weighted by molar-refractivity contribution is -0.131. The summed E-state index contributed by atoms with van der Waals surface area (Å²) >= 11 is 0. The van der Waals surface area contributed by atoms with E-state index in [0.29, 0.717) is 0 Å². The van der Waals surface area contributed by atoms with Gasteiger partial charge in [-0.1, -0.05) is 0 Å². The molecule has 0 atom stereocenters. The fourth-order valence-corrected chi connectivity index (χ4v) is 2.92. The number of hydrogen-bond donors (Lipinski definition) is 2. The Kier molecular flexibility index (Phi) is 5.03. The van der Waals surface area contributed by atoms with Crippen molar-refractivity contribution in [2.75, 3.05) is 0 Å². The molecule has 21 heavy (non-hydrogen) atoms. The normalized spacial score (nSPS) is 12.5. The highest BCUT2D eigenvalue weighted by Crippen LogP contribution is 2.14. The van der Waals surface area contributed by atoms with Crippen LogP contribution in [0.1, 0.15) is 31.1 Å². The molecule has 114 valence electrons. The zero-order valence-corrected chi connectivity index (χ0v) is 12.8. The number of benzene rings is 1. The smallest absolute Gasteiger partial charge is 0.328 e. The number of carboxylic acids is 1. The third-order valence-electron chi connectivity index (χ3n) is 2.27. The number of hydrogen-bond acceptors (Lipinski definition) is 4. The summed E-state index contributed by atoms with van der Waals surface area (Å²) in [5.74, 6) is -1.73. The molecule has 0 radical (unpaired) electrons. The molecule has 0 aliphatic heterocycles. The summed E-state index contributed by atoms with van der Waals surface area (Å²) in [7, 11) is -3.66. The van der Waals surface area contributed by atoms with Crippen molar-refractivity contribution in [2.24, 2.45) is 0 Å². The number of sulfonamides is 1. The monoisotopic (exact) mass is 311 g/mol. The lowest BCUT2D eigenvalue weighted by atomic mass is 10.1. The van der Waals surface area contributed by atoms with Crippen LogP contribution in [-0.2, 0) is 14.8 Å². The molecule has 1 rings (SSSR count). The Balaban J connectivity index is 2.98. The largest absolute Gasteiger partial charge is 0.478 e. The molecule has 0 heterocycles. The van der Waals surface area contributed by atoms with Crippen LogP contribution in [0.2, 0.25) is 0 Å². The summed E-state index contributed by atoms with van der Waals surface area (Å²) in [4.78, 5) is 22.0. The summed E-state index contributed by atoms with van der Waals surface area (Å²) in [6.07, 6.45) is 1.65. The minimum atomic E-state index is -3.66. The summed E-state index contributed by atoms with van der Waals surface area (Å²) in [5, 5.41) is 8.44. The van der Waals surface area contributed by atoms with Crippen molar-refractivity contribution < 1.29 is 23.1 Å². The van der Waals surface area contributed by atoms with E-state index in [-0.39, 0.29) is 10.5 Å². The molecule has 0 bridgehead atoms. The quantitative estimate of drug-likeness (QED) is 0.635. The molecule has 0 aliphatic carbocycles. The Morgan fingerprint density at radius 1 is 1.10 bits per heavy atom. The van der Waals surface area contributed by atoms with Crippen molar-refractivity contribution in [1.82, 2.24) is 4.72 Å². The number of aliphatic carboxylic acids is 1. The molecule has 1 aromatic carbocycles. The molecule has 2 N–H and O–H groups in total. The average molecular weight is 311 g/mol. The fraction of sp³-hybridized carbons (Fsp3) is 0.286. The topological polar surface area (TPSA) is 101 Å². The minimum absolute atomic E-state index is 0.0381. The van der Waals surface area contributed by atoms with E-state index >= 15 is 0 Å². The van der Waals surface area contributed by atoms with Gasteiger partial charge in [0.05, 0.1) is 4.90 Å². The third kappa shape index (κ3) is 5.49. The van der Waals surface area contributed by atoms with Gasteiger partial charge in [-0.25, -0.2) is 17.9 Å². The van der Waals surface area contributed by atoms with Crippen LogP contribution in [0, 0.1) is 0 Å². The molecular formula is C14H17NO5S. The summed E-state index contributed by atoms with van der Waals surface area (Å²) in [5.41, 5.74) is -0.403. The molecule has 0 unspecified atom stereocenters. The van der Waals surface area contributed by atoms with Crippen LogP contribution >= 0.6 is 0 Å². The van der Waals surface area contributed by atoms with Crippen LogP contribution < -0.4 is 4.72 Å². The second-order valence-electron chi connectivity index (χ2n) is 5.42. The summed E-state index contributed by atoms with van der Waals surface area (Å²) in [6.45, 7) is 5.16. The van der Waals surface area contributed by atoms with Crippen LogP contribution in [0.15, 0.2) is 41.3 Å². The van der Waals surface area contributed by atoms with Gasteiger partial charge in [-0.15, -0.1) is 0 Å². The SMILES string of the molecule is CC(C)(C)NS(=O)(=O)c1ccc(C(=O)/C=C/C(=O)O)cc1. The van der Waals surface area contributed by atoms with Crippen LogP contribution in [0.5, 0.6) is 0 Å². The number of allylic oxidation sites excluding steroid dienone is 1. The van der Waals surface area contributed by atoms with Crippen molar-refractivity contribution >= 4 is 21.8 Å². The first-order chi connectivity index (χ1) is 9.51. The molecule has 1 aromatic rings. The molecular weight excluding hydrogens is 294 g/mol. The lowest BCUT2D eigenvalue weighted by Gasteiger charge is -2.20.